The minimum Gasteiger partial charge on any atom is -0.392 e. The second kappa shape index (κ2) is 6.61. The molecule has 1 unspecified atom stereocenters. The highest BCUT2D eigenvalue weighted by Crippen LogP contribution is 2.27. The number of aromatic amines is 1. The summed E-state index contributed by atoms with van der Waals surface area (Å²) in [6, 6.07) is 8.91. The van der Waals surface area contributed by atoms with E-state index in [9.17, 15) is 14.7 Å². The third-order valence-corrected chi connectivity index (χ3v) is 5.44. The molecule has 0 spiro atoms. The monoisotopic (exact) mass is 341 g/mol. The Kier molecular flexibility index (Phi) is 4.31. The first-order chi connectivity index (χ1) is 12.1. The number of nitrogens with zero attached hydrogens (tertiary/aromatic N) is 1. The Balaban J connectivity index is 1.52. The van der Waals surface area contributed by atoms with Crippen molar-refractivity contribution in [1.29, 1.82) is 0 Å². The quantitative estimate of drug-likeness (QED) is 0.784. The summed E-state index contributed by atoms with van der Waals surface area (Å²) in [7, 11) is 0. The van der Waals surface area contributed by atoms with E-state index in [1.54, 1.807) is 12.1 Å². The van der Waals surface area contributed by atoms with Gasteiger partial charge < -0.3 is 15.4 Å². The van der Waals surface area contributed by atoms with Gasteiger partial charge in [-0.3, -0.25) is 14.5 Å². The fraction of sp³-hybridized carbons (Fsp3) is 0.474. The molecule has 132 valence electrons. The van der Waals surface area contributed by atoms with E-state index in [1.807, 2.05) is 12.1 Å². The van der Waals surface area contributed by atoms with Crippen LogP contribution in [-0.4, -0.2) is 52.2 Å². The van der Waals surface area contributed by atoms with Crippen LogP contribution in [0.4, 0.5) is 0 Å². The Morgan fingerprint density at radius 1 is 1.24 bits per heavy atom. The number of aliphatic hydroxyl groups is 1. The second-order valence-corrected chi connectivity index (χ2v) is 7.11. The highest BCUT2D eigenvalue weighted by molar-refractivity contribution is 5.95. The van der Waals surface area contributed by atoms with Crippen molar-refractivity contribution >= 4 is 16.8 Å². The third-order valence-electron chi connectivity index (χ3n) is 5.44. The molecule has 2 fully saturated rings. The predicted molar refractivity (Wildman–Crippen MR) is 95.7 cm³/mol. The number of aromatic nitrogens is 1. The van der Waals surface area contributed by atoms with E-state index in [2.05, 4.69) is 15.2 Å². The van der Waals surface area contributed by atoms with Crippen molar-refractivity contribution in [3.05, 3.63) is 46.2 Å². The number of hydrogen-bond donors (Lipinski definition) is 3. The largest absolute Gasteiger partial charge is 0.392 e. The molecule has 25 heavy (non-hydrogen) atoms. The lowest BCUT2D eigenvalue weighted by Crippen LogP contribution is -2.48. The Labute approximate surface area is 145 Å². The van der Waals surface area contributed by atoms with E-state index >= 15 is 0 Å². The fourth-order valence-electron chi connectivity index (χ4n) is 4.18. The Hall–Kier alpha value is -2.18. The SMILES string of the molecule is O=C(N[C@@H]1CCC[C@@H]1N1CCC(O)C1)c1cc(=O)c2ccccc2[nH]1. The Morgan fingerprint density at radius 3 is 2.88 bits per heavy atom. The smallest absolute Gasteiger partial charge is 0.268 e. The molecule has 4 rings (SSSR count). The van der Waals surface area contributed by atoms with Crippen molar-refractivity contribution in [2.24, 2.45) is 0 Å². The van der Waals surface area contributed by atoms with Gasteiger partial charge in [-0.05, 0) is 37.8 Å². The molecule has 2 heterocycles. The lowest BCUT2D eigenvalue weighted by Gasteiger charge is -2.29. The number of β-amino-alcohol motifs (C(OH)–C–C–N with tert-alkyl or cyclic N) is 1. The van der Waals surface area contributed by atoms with Gasteiger partial charge in [0.05, 0.1) is 6.10 Å². The zero-order valence-electron chi connectivity index (χ0n) is 14.1. The fourth-order valence-corrected chi connectivity index (χ4v) is 4.18. The van der Waals surface area contributed by atoms with Gasteiger partial charge in [0, 0.05) is 42.1 Å². The highest BCUT2D eigenvalue weighted by atomic mass is 16.3. The lowest BCUT2D eigenvalue weighted by molar-refractivity contribution is 0.0901. The van der Waals surface area contributed by atoms with Gasteiger partial charge >= 0.3 is 0 Å². The molecule has 1 aliphatic heterocycles. The van der Waals surface area contributed by atoms with Crippen molar-refractivity contribution in [3.8, 4) is 0 Å². The van der Waals surface area contributed by atoms with E-state index in [-0.39, 0.29) is 29.5 Å². The number of likely N-dealkylation sites (tertiary alicyclic amines) is 1. The molecule has 1 aliphatic carbocycles. The van der Waals surface area contributed by atoms with Gasteiger partial charge in [-0.1, -0.05) is 12.1 Å². The van der Waals surface area contributed by atoms with Crippen LogP contribution in [-0.2, 0) is 0 Å². The lowest BCUT2D eigenvalue weighted by atomic mass is 10.1. The number of amides is 1. The van der Waals surface area contributed by atoms with Crippen LogP contribution in [0.15, 0.2) is 35.1 Å². The van der Waals surface area contributed by atoms with Crippen LogP contribution >= 0.6 is 0 Å². The number of fused-ring (bicyclic) bond motifs is 1. The molecular weight excluding hydrogens is 318 g/mol. The molecule has 3 atom stereocenters. The standard InChI is InChI=1S/C19H23N3O3/c23-12-8-9-22(11-12)17-7-3-6-15(17)21-19(25)16-10-18(24)13-4-1-2-5-14(13)20-16/h1-2,4-5,10,12,15,17,23H,3,6-9,11H2,(H,20,24)(H,21,25)/t12?,15-,17+/m1/s1. The highest BCUT2D eigenvalue weighted by Gasteiger charge is 2.36. The number of carbonyl (C=O) groups excluding carboxylic acids is 1. The molecule has 1 aromatic carbocycles. The van der Waals surface area contributed by atoms with Crippen LogP contribution in [0.1, 0.15) is 36.2 Å². The van der Waals surface area contributed by atoms with Crippen LogP contribution < -0.4 is 10.7 Å². The predicted octanol–water partition coefficient (Wildman–Crippen LogP) is 1.25. The Bertz CT molecular complexity index is 847. The van der Waals surface area contributed by atoms with Crippen LogP contribution in [0, 0.1) is 0 Å². The van der Waals surface area contributed by atoms with Crippen LogP contribution in [0.25, 0.3) is 10.9 Å². The van der Waals surface area contributed by atoms with Crippen molar-refractivity contribution in [2.45, 2.75) is 43.9 Å². The van der Waals surface area contributed by atoms with E-state index in [1.165, 1.54) is 6.07 Å². The van der Waals surface area contributed by atoms with Gasteiger partial charge in [0.1, 0.15) is 5.69 Å². The van der Waals surface area contributed by atoms with Crippen LogP contribution in [0.2, 0.25) is 0 Å². The van der Waals surface area contributed by atoms with Crippen molar-refractivity contribution in [3.63, 3.8) is 0 Å². The van der Waals surface area contributed by atoms with Gasteiger partial charge in [-0.15, -0.1) is 0 Å². The Morgan fingerprint density at radius 2 is 2.08 bits per heavy atom. The number of pyridine rings is 1. The summed E-state index contributed by atoms with van der Waals surface area (Å²) < 4.78 is 0. The number of benzene rings is 1. The molecule has 0 bridgehead atoms. The van der Waals surface area contributed by atoms with Crippen LogP contribution in [0.5, 0.6) is 0 Å². The summed E-state index contributed by atoms with van der Waals surface area (Å²) in [5, 5.41) is 13.5. The zero-order valence-corrected chi connectivity index (χ0v) is 14.1. The van der Waals surface area contributed by atoms with Gasteiger partial charge in [-0.2, -0.15) is 0 Å². The number of H-pyrrole nitrogens is 1. The maximum Gasteiger partial charge on any atom is 0.268 e. The third kappa shape index (κ3) is 3.19. The van der Waals surface area contributed by atoms with E-state index in [0.717, 1.165) is 32.2 Å². The van der Waals surface area contributed by atoms with Crippen molar-refractivity contribution in [1.82, 2.24) is 15.2 Å². The summed E-state index contributed by atoms with van der Waals surface area (Å²) in [5.41, 5.74) is 0.826. The normalized spacial score (nSPS) is 27.0. The van der Waals surface area contributed by atoms with Crippen molar-refractivity contribution in [2.75, 3.05) is 13.1 Å². The first kappa shape index (κ1) is 16.3. The maximum absolute atomic E-state index is 12.7. The molecule has 0 radical (unpaired) electrons. The van der Waals surface area contributed by atoms with E-state index in [4.69, 9.17) is 0 Å². The number of nitrogens with one attached hydrogen (secondary N) is 2. The first-order valence-corrected chi connectivity index (χ1v) is 8.97. The average molecular weight is 341 g/mol. The summed E-state index contributed by atoms with van der Waals surface area (Å²) >= 11 is 0. The van der Waals surface area contributed by atoms with Gasteiger partial charge in [-0.25, -0.2) is 0 Å². The minimum atomic E-state index is -0.256. The molecule has 1 saturated heterocycles. The number of para-hydroxylation sites is 1. The number of hydrogen-bond acceptors (Lipinski definition) is 4. The first-order valence-electron chi connectivity index (χ1n) is 8.97. The average Bonchev–Trinajstić information content (AvgIpc) is 3.23. The molecule has 3 N–H and O–H groups in total. The maximum atomic E-state index is 12.7. The molecule has 6 nitrogen and oxygen atoms in total. The van der Waals surface area contributed by atoms with Crippen LogP contribution in [0.3, 0.4) is 0 Å². The summed E-state index contributed by atoms with van der Waals surface area (Å²) in [6.07, 6.45) is 3.58. The molecule has 1 amide bonds. The molecule has 6 heteroatoms. The summed E-state index contributed by atoms with van der Waals surface area (Å²) in [4.78, 5) is 30.2. The zero-order chi connectivity index (χ0) is 17.4. The summed E-state index contributed by atoms with van der Waals surface area (Å²) in [6.45, 7) is 1.56. The summed E-state index contributed by atoms with van der Waals surface area (Å²) in [5.74, 6) is -0.237. The number of rotatable bonds is 3. The molecular formula is C19H23N3O3. The number of aliphatic hydroxyl groups excluding tert-OH is 1. The number of carbonyl (C=O) groups is 1. The molecule has 1 aromatic heterocycles. The van der Waals surface area contributed by atoms with Crippen molar-refractivity contribution < 1.29 is 9.90 Å². The molecule has 1 saturated carbocycles. The molecule has 2 aliphatic rings. The van der Waals surface area contributed by atoms with E-state index < -0.39 is 0 Å². The van der Waals surface area contributed by atoms with Gasteiger partial charge in [0.2, 0.25) is 0 Å². The van der Waals surface area contributed by atoms with E-state index in [0.29, 0.717) is 23.1 Å². The topological polar surface area (TPSA) is 85.4 Å². The minimum absolute atomic E-state index is 0.0628. The molecule has 2 aromatic rings. The van der Waals surface area contributed by atoms with Gasteiger partial charge in [0.15, 0.2) is 5.43 Å². The van der Waals surface area contributed by atoms with Gasteiger partial charge in [0.25, 0.3) is 5.91 Å². The second-order valence-electron chi connectivity index (χ2n) is 7.11.